The first-order valence-electron chi connectivity index (χ1n) is 7.70. The molecule has 1 aliphatic rings. The molecule has 21 heavy (non-hydrogen) atoms. The van der Waals surface area contributed by atoms with E-state index in [1.807, 2.05) is 13.8 Å². The minimum atomic E-state index is -0.553. The van der Waals surface area contributed by atoms with Crippen molar-refractivity contribution in [3.05, 3.63) is 0 Å². The number of nitrogens with two attached hydrogens (primary N) is 1. The van der Waals surface area contributed by atoms with E-state index in [9.17, 15) is 9.59 Å². The topological polar surface area (TPSA) is 84.2 Å². The summed E-state index contributed by atoms with van der Waals surface area (Å²) in [6.45, 7) is 6.78. The molecule has 0 aromatic carbocycles. The molecule has 1 aliphatic carbocycles. The Balaban J connectivity index is 0.00000400. The molecule has 0 bridgehead atoms. The van der Waals surface area contributed by atoms with Crippen molar-refractivity contribution in [1.82, 2.24) is 10.6 Å². The van der Waals surface area contributed by atoms with Gasteiger partial charge in [0, 0.05) is 6.54 Å². The van der Waals surface area contributed by atoms with Crippen molar-refractivity contribution >= 4 is 24.2 Å². The smallest absolute Gasteiger partial charge is 0.239 e. The lowest BCUT2D eigenvalue weighted by Gasteiger charge is -2.26. The number of nitrogens with one attached hydrogen (secondary N) is 2. The minimum Gasteiger partial charge on any atom is -0.354 e. The fraction of sp³-hybridized carbons (Fsp3) is 0.867. The first-order valence-corrected chi connectivity index (χ1v) is 7.70. The molecule has 4 N–H and O–H groups in total. The molecule has 0 heterocycles. The van der Waals surface area contributed by atoms with Gasteiger partial charge >= 0.3 is 0 Å². The number of hydrogen-bond donors (Lipinski definition) is 3. The van der Waals surface area contributed by atoms with Gasteiger partial charge in [0.1, 0.15) is 0 Å². The van der Waals surface area contributed by atoms with E-state index in [-0.39, 0.29) is 36.7 Å². The van der Waals surface area contributed by atoms with Gasteiger partial charge in [0.05, 0.1) is 12.6 Å². The Kier molecular flexibility index (Phi) is 9.62. The second-order valence-corrected chi connectivity index (χ2v) is 6.42. The lowest BCUT2D eigenvalue weighted by atomic mass is 9.83. The van der Waals surface area contributed by atoms with E-state index in [1.54, 1.807) is 0 Å². The van der Waals surface area contributed by atoms with Crippen LogP contribution >= 0.6 is 12.4 Å². The average Bonchev–Trinajstić information content (AvgIpc) is 2.43. The van der Waals surface area contributed by atoms with E-state index in [4.69, 9.17) is 5.73 Å². The van der Waals surface area contributed by atoms with Gasteiger partial charge in [0.2, 0.25) is 11.8 Å². The lowest BCUT2D eigenvalue weighted by Crippen LogP contribution is -2.47. The van der Waals surface area contributed by atoms with E-state index in [0.717, 1.165) is 12.5 Å². The van der Waals surface area contributed by atoms with Crippen molar-refractivity contribution in [2.75, 3.05) is 13.1 Å². The quantitative estimate of drug-likeness (QED) is 0.693. The zero-order valence-corrected chi connectivity index (χ0v) is 14.2. The summed E-state index contributed by atoms with van der Waals surface area (Å²) in [5, 5.41) is 5.48. The molecule has 5 nitrogen and oxygen atoms in total. The normalized spacial score (nSPS) is 23.1. The lowest BCUT2D eigenvalue weighted by molar-refractivity contribution is -0.127. The van der Waals surface area contributed by atoms with E-state index in [2.05, 4.69) is 17.6 Å². The number of rotatable bonds is 6. The summed E-state index contributed by atoms with van der Waals surface area (Å²) in [5.41, 5.74) is 5.71. The minimum absolute atomic E-state index is 0. The zero-order valence-electron chi connectivity index (χ0n) is 13.4. The molecule has 0 unspecified atom stereocenters. The van der Waals surface area contributed by atoms with Crippen LogP contribution in [0.3, 0.4) is 0 Å². The predicted octanol–water partition coefficient (Wildman–Crippen LogP) is 1.45. The molecule has 1 atom stereocenters. The van der Waals surface area contributed by atoms with Gasteiger partial charge in [-0.3, -0.25) is 9.59 Å². The van der Waals surface area contributed by atoms with Crippen LogP contribution in [-0.2, 0) is 9.59 Å². The van der Waals surface area contributed by atoms with Gasteiger partial charge in [0.25, 0.3) is 0 Å². The molecule has 1 rings (SSSR count). The van der Waals surface area contributed by atoms with Gasteiger partial charge in [0.15, 0.2) is 0 Å². The summed E-state index contributed by atoms with van der Waals surface area (Å²) in [6.07, 6.45) is 4.87. The van der Waals surface area contributed by atoms with E-state index >= 15 is 0 Å². The van der Waals surface area contributed by atoms with Crippen LogP contribution in [-0.4, -0.2) is 30.9 Å². The molecule has 0 aliphatic heterocycles. The van der Waals surface area contributed by atoms with E-state index in [0.29, 0.717) is 5.92 Å². The zero-order chi connectivity index (χ0) is 15.1. The Hall–Kier alpha value is -0.810. The highest BCUT2D eigenvalue weighted by molar-refractivity contribution is 5.87. The standard InChI is InChI=1S/C15H29N3O2.ClH/c1-10(2)14(16)15(20)18-9-13(19)17-8-12-6-4-11(3)5-7-12;/h10-12,14H,4-9,16H2,1-3H3,(H,17,19)(H,18,20);1H/t11?,12?,14-;/m0./s1. The molecule has 0 aromatic heterocycles. The summed E-state index contributed by atoms with van der Waals surface area (Å²) in [6, 6.07) is -0.553. The molecule has 0 radical (unpaired) electrons. The summed E-state index contributed by atoms with van der Waals surface area (Å²) in [4.78, 5) is 23.3. The maximum absolute atomic E-state index is 11.7. The Morgan fingerprint density at radius 3 is 2.24 bits per heavy atom. The monoisotopic (exact) mass is 319 g/mol. The molecule has 0 saturated heterocycles. The number of amides is 2. The van der Waals surface area contributed by atoms with Crippen molar-refractivity contribution in [2.45, 2.75) is 52.5 Å². The van der Waals surface area contributed by atoms with Crippen molar-refractivity contribution < 1.29 is 9.59 Å². The Labute approximate surface area is 134 Å². The van der Waals surface area contributed by atoms with Gasteiger partial charge < -0.3 is 16.4 Å². The third kappa shape index (κ3) is 7.67. The molecule has 6 heteroatoms. The number of hydrogen-bond acceptors (Lipinski definition) is 3. The Morgan fingerprint density at radius 2 is 1.71 bits per heavy atom. The number of halogens is 1. The third-order valence-electron chi connectivity index (χ3n) is 4.17. The molecule has 2 amide bonds. The third-order valence-corrected chi connectivity index (χ3v) is 4.17. The van der Waals surface area contributed by atoms with Gasteiger partial charge in [-0.15, -0.1) is 12.4 Å². The molecular weight excluding hydrogens is 290 g/mol. The van der Waals surface area contributed by atoms with Crippen LogP contribution in [0, 0.1) is 17.8 Å². The highest BCUT2D eigenvalue weighted by Crippen LogP contribution is 2.27. The molecular formula is C15H30ClN3O2. The van der Waals surface area contributed by atoms with Crippen LogP contribution in [0.15, 0.2) is 0 Å². The average molecular weight is 320 g/mol. The van der Waals surface area contributed by atoms with Crippen LogP contribution in [0.25, 0.3) is 0 Å². The largest absolute Gasteiger partial charge is 0.354 e. The molecule has 124 valence electrons. The summed E-state index contributed by atoms with van der Waals surface area (Å²) in [5.74, 6) is 1.08. The summed E-state index contributed by atoms with van der Waals surface area (Å²) >= 11 is 0. The maximum atomic E-state index is 11.7. The van der Waals surface area contributed by atoms with Crippen LogP contribution in [0.1, 0.15) is 46.5 Å². The second-order valence-electron chi connectivity index (χ2n) is 6.42. The van der Waals surface area contributed by atoms with Crippen LogP contribution in [0.5, 0.6) is 0 Å². The van der Waals surface area contributed by atoms with Crippen molar-refractivity contribution in [1.29, 1.82) is 0 Å². The molecule has 0 spiro atoms. The van der Waals surface area contributed by atoms with E-state index < -0.39 is 6.04 Å². The Bertz CT molecular complexity index is 329. The van der Waals surface area contributed by atoms with Crippen LogP contribution in [0.4, 0.5) is 0 Å². The van der Waals surface area contributed by atoms with Gasteiger partial charge in [-0.05, 0) is 30.6 Å². The molecule has 1 fully saturated rings. The van der Waals surface area contributed by atoms with Crippen molar-refractivity contribution in [3.8, 4) is 0 Å². The molecule has 0 aromatic rings. The van der Waals surface area contributed by atoms with Gasteiger partial charge in [-0.2, -0.15) is 0 Å². The van der Waals surface area contributed by atoms with E-state index in [1.165, 1.54) is 25.7 Å². The second kappa shape index (κ2) is 10.0. The van der Waals surface area contributed by atoms with Crippen LogP contribution in [0.2, 0.25) is 0 Å². The van der Waals surface area contributed by atoms with Gasteiger partial charge in [-0.1, -0.05) is 33.6 Å². The fourth-order valence-electron chi connectivity index (χ4n) is 2.44. The highest BCUT2D eigenvalue weighted by atomic mass is 35.5. The molecule has 1 saturated carbocycles. The highest BCUT2D eigenvalue weighted by Gasteiger charge is 2.20. The summed E-state index contributed by atoms with van der Waals surface area (Å²) < 4.78 is 0. The summed E-state index contributed by atoms with van der Waals surface area (Å²) in [7, 11) is 0. The fourth-order valence-corrected chi connectivity index (χ4v) is 2.44. The Morgan fingerprint density at radius 1 is 1.14 bits per heavy atom. The number of carbonyl (C=O) groups is 2. The number of carbonyl (C=O) groups excluding carboxylic acids is 2. The predicted molar refractivity (Wildman–Crippen MR) is 87.2 cm³/mol. The SMILES string of the molecule is CC1CCC(CNC(=O)CNC(=O)[C@@H](N)C(C)C)CC1.Cl. The van der Waals surface area contributed by atoms with Crippen LogP contribution < -0.4 is 16.4 Å². The first-order chi connectivity index (χ1) is 9.40. The maximum Gasteiger partial charge on any atom is 0.239 e. The van der Waals surface area contributed by atoms with Crippen molar-refractivity contribution in [3.63, 3.8) is 0 Å². The first kappa shape index (κ1) is 20.2. The van der Waals surface area contributed by atoms with Gasteiger partial charge in [-0.25, -0.2) is 0 Å². The van der Waals surface area contributed by atoms with Crippen molar-refractivity contribution in [2.24, 2.45) is 23.5 Å².